The van der Waals surface area contributed by atoms with E-state index in [-0.39, 0.29) is 5.56 Å². The van der Waals surface area contributed by atoms with Crippen LogP contribution in [0.4, 0.5) is 5.69 Å². The SMILES string of the molecule is CCOc1cccc(CNc2ccc(=O)n(C)c2)c1. The minimum atomic E-state index is -0.0103. The molecule has 1 N–H and O–H groups in total. The Hall–Kier alpha value is -2.23. The van der Waals surface area contributed by atoms with Crippen LogP contribution < -0.4 is 15.6 Å². The second-order valence-electron chi connectivity index (χ2n) is 4.30. The first-order valence-corrected chi connectivity index (χ1v) is 6.31. The molecule has 0 unspecified atom stereocenters. The maximum Gasteiger partial charge on any atom is 0.250 e. The van der Waals surface area contributed by atoms with Gasteiger partial charge in [-0.05, 0) is 30.7 Å². The number of hydrogen-bond donors (Lipinski definition) is 1. The van der Waals surface area contributed by atoms with E-state index in [1.165, 1.54) is 0 Å². The van der Waals surface area contributed by atoms with Gasteiger partial charge in [0.1, 0.15) is 5.75 Å². The summed E-state index contributed by atoms with van der Waals surface area (Å²) in [5, 5.41) is 3.28. The van der Waals surface area contributed by atoms with Gasteiger partial charge in [-0.25, -0.2) is 0 Å². The van der Waals surface area contributed by atoms with Gasteiger partial charge in [-0.15, -0.1) is 0 Å². The molecule has 0 radical (unpaired) electrons. The first kappa shape index (κ1) is 13.2. The molecule has 0 atom stereocenters. The molecule has 4 nitrogen and oxygen atoms in total. The Morgan fingerprint density at radius 2 is 2.11 bits per heavy atom. The minimum Gasteiger partial charge on any atom is -0.494 e. The van der Waals surface area contributed by atoms with Crippen LogP contribution in [0, 0.1) is 0 Å². The van der Waals surface area contributed by atoms with Crippen molar-refractivity contribution in [2.24, 2.45) is 7.05 Å². The monoisotopic (exact) mass is 258 g/mol. The van der Waals surface area contributed by atoms with Crippen LogP contribution >= 0.6 is 0 Å². The van der Waals surface area contributed by atoms with Crippen molar-refractivity contribution in [3.8, 4) is 5.75 Å². The third-order valence-corrected chi connectivity index (χ3v) is 2.79. The van der Waals surface area contributed by atoms with Crippen molar-refractivity contribution in [3.05, 3.63) is 58.5 Å². The topological polar surface area (TPSA) is 43.3 Å². The van der Waals surface area contributed by atoms with E-state index in [9.17, 15) is 4.79 Å². The van der Waals surface area contributed by atoms with Gasteiger partial charge in [0.15, 0.2) is 0 Å². The van der Waals surface area contributed by atoms with E-state index in [4.69, 9.17) is 4.74 Å². The van der Waals surface area contributed by atoms with E-state index in [0.29, 0.717) is 13.2 Å². The van der Waals surface area contributed by atoms with Gasteiger partial charge in [-0.2, -0.15) is 0 Å². The van der Waals surface area contributed by atoms with Crippen LogP contribution in [-0.2, 0) is 13.6 Å². The molecule has 4 heteroatoms. The van der Waals surface area contributed by atoms with Gasteiger partial charge in [0, 0.05) is 25.9 Å². The summed E-state index contributed by atoms with van der Waals surface area (Å²) < 4.78 is 7.01. The number of nitrogens with one attached hydrogen (secondary N) is 1. The van der Waals surface area contributed by atoms with Gasteiger partial charge in [0.2, 0.25) is 5.56 Å². The average Bonchev–Trinajstić information content (AvgIpc) is 2.41. The maximum absolute atomic E-state index is 11.3. The smallest absolute Gasteiger partial charge is 0.250 e. The number of nitrogens with zero attached hydrogens (tertiary/aromatic N) is 1. The van der Waals surface area contributed by atoms with Crippen LogP contribution in [-0.4, -0.2) is 11.2 Å². The predicted octanol–water partition coefficient (Wildman–Crippen LogP) is 2.40. The van der Waals surface area contributed by atoms with E-state index >= 15 is 0 Å². The molecule has 1 aromatic heterocycles. The summed E-state index contributed by atoms with van der Waals surface area (Å²) in [4.78, 5) is 11.3. The highest BCUT2D eigenvalue weighted by Crippen LogP contribution is 2.14. The zero-order valence-corrected chi connectivity index (χ0v) is 11.2. The van der Waals surface area contributed by atoms with Gasteiger partial charge in [-0.3, -0.25) is 4.79 Å². The summed E-state index contributed by atoms with van der Waals surface area (Å²) in [6.07, 6.45) is 1.79. The number of rotatable bonds is 5. The largest absolute Gasteiger partial charge is 0.494 e. The van der Waals surface area contributed by atoms with E-state index in [1.807, 2.05) is 31.2 Å². The third kappa shape index (κ3) is 3.61. The highest BCUT2D eigenvalue weighted by atomic mass is 16.5. The first-order valence-electron chi connectivity index (χ1n) is 6.31. The molecule has 0 aliphatic carbocycles. The fourth-order valence-electron chi connectivity index (χ4n) is 1.81. The fraction of sp³-hybridized carbons (Fsp3) is 0.267. The van der Waals surface area contributed by atoms with Gasteiger partial charge in [-0.1, -0.05) is 12.1 Å². The number of aryl methyl sites for hydroxylation is 1. The Balaban J connectivity index is 2.03. The Morgan fingerprint density at radius 1 is 1.26 bits per heavy atom. The Morgan fingerprint density at radius 3 is 2.84 bits per heavy atom. The summed E-state index contributed by atoms with van der Waals surface area (Å²) in [7, 11) is 1.74. The Kier molecular flexibility index (Phi) is 4.23. The van der Waals surface area contributed by atoms with Crippen molar-refractivity contribution < 1.29 is 4.74 Å². The van der Waals surface area contributed by atoms with E-state index in [0.717, 1.165) is 17.0 Å². The lowest BCUT2D eigenvalue weighted by Crippen LogP contribution is -2.15. The number of benzene rings is 1. The molecule has 0 bridgehead atoms. The second-order valence-corrected chi connectivity index (χ2v) is 4.30. The van der Waals surface area contributed by atoms with Crippen molar-refractivity contribution in [1.29, 1.82) is 0 Å². The quantitative estimate of drug-likeness (QED) is 0.895. The van der Waals surface area contributed by atoms with Gasteiger partial charge >= 0.3 is 0 Å². The molecule has 1 heterocycles. The Bertz CT molecular complexity index is 605. The second kappa shape index (κ2) is 6.09. The van der Waals surface area contributed by atoms with Gasteiger partial charge in [0.05, 0.1) is 12.3 Å². The summed E-state index contributed by atoms with van der Waals surface area (Å²) in [5.74, 6) is 0.877. The molecule has 0 amide bonds. The highest BCUT2D eigenvalue weighted by molar-refractivity contribution is 5.41. The molecule has 0 fully saturated rings. The lowest BCUT2D eigenvalue weighted by atomic mass is 10.2. The van der Waals surface area contributed by atoms with Crippen LogP contribution in [0.15, 0.2) is 47.4 Å². The minimum absolute atomic E-state index is 0.0103. The van der Waals surface area contributed by atoms with Crippen LogP contribution in [0.3, 0.4) is 0 Å². The standard InChI is InChI=1S/C15H18N2O2/c1-3-19-14-6-4-5-12(9-14)10-16-13-7-8-15(18)17(2)11-13/h4-9,11,16H,3,10H2,1-2H3. The molecular weight excluding hydrogens is 240 g/mol. The van der Waals surface area contributed by atoms with Crippen molar-refractivity contribution in [2.45, 2.75) is 13.5 Å². The van der Waals surface area contributed by atoms with Crippen LogP contribution in [0.1, 0.15) is 12.5 Å². The molecule has 0 spiro atoms. The highest BCUT2D eigenvalue weighted by Gasteiger charge is 1.98. The summed E-state index contributed by atoms with van der Waals surface area (Å²) >= 11 is 0. The normalized spacial score (nSPS) is 10.2. The van der Waals surface area contributed by atoms with E-state index in [1.54, 1.807) is 29.9 Å². The lowest BCUT2D eigenvalue weighted by molar-refractivity contribution is 0.340. The number of pyridine rings is 1. The molecule has 0 aliphatic heterocycles. The zero-order valence-electron chi connectivity index (χ0n) is 11.2. The van der Waals surface area contributed by atoms with Crippen LogP contribution in [0.5, 0.6) is 5.75 Å². The molecule has 2 aromatic rings. The van der Waals surface area contributed by atoms with E-state index < -0.39 is 0 Å². The number of anilines is 1. The Labute approximate surface area is 112 Å². The number of ether oxygens (including phenoxy) is 1. The van der Waals surface area contributed by atoms with Gasteiger partial charge in [0.25, 0.3) is 0 Å². The maximum atomic E-state index is 11.3. The van der Waals surface area contributed by atoms with Crippen molar-refractivity contribution in [2.75, 3.05) is 11.9 Å². The molecule has 0 aliphatic rings. The van der Waals surface area contributed by atoms with Crippen LogP contribution in [0.25, 0.3) is 0 Å². The number of hydrogen-bond acceptors (Lipinski definition) is 3. The van der Waals surface area contributed by atoms with Crippen LogP contribution in [0.2, 0.25) is 0 Å². The molecular formula is C15H18N2O2. The molecule has 2 rings (SSSR count). The fourth-order valence-corrected chi connectivity index (χ4v) is 1.81. The summed E-state index contributed by atoms with van der Waals surface area (Å²) in [5.41, 5.74) is 2.05. The van der Waals surface area contributed by atoms with Gasteiger partial charge < -0.3 is 14.6 Å². The number of aromatic nitrogens is 1. The summed E-state index contributed by atoms with van der Waals surface area (Å²) in [6, 6.07) is 11.3. The molecule has 1 aromatic carbocycles. The van der Waals surface area contributed by atoms with E-state index in [2.05, 4.69) is 5.32 Å². The predicted molar refractivity (Wildman–Crippen MR) is 76.6 cm³/mol. The molecule has 19 heavy (non-hydrogen) atoms. The molecule has 0 saturated carbocycles. The van der Waals surface area contributed by atoms with Crippen molar-refractivity contribution in [1.82, 2.24) is 4.57 Å². The molecule has 100 valence electrons. The first-order chi connectivity index (χ1) is 9.19. The zero-order chi connectivity index (χ0) is 13.7. The van der Waals surface area contributed by atoms with Crippen molar-refractivity contribution >= 4 is 5.69 Å². The van der Waals surface area contributed by atoms with Crippen molar-refractivity contribution in [3.63, 3.8) is 0 Å². The third-order valence-electron chi connectivity index (χ3n) is 2.79. The average molecular weight is 258 g/mol. The lowest BCUT2D eigenvalue weighted by Gasteiger charge is -2.09. The molecule has 0 saturated heterocycles. The summed E-state index contributed by atoms with van der Waals surface area (Å²) in [6.45, 7) is 3.33.